The van der Waals surface area contributed by atoms with Crippen molar-refractivity contribution in [3.8, 4) is 0 Å². The molecule has 6 nitrogen and oxygen atoms in total. The average molecular weight is 294 g/mol. The minimum absolute atomic E-state index is 0.0130. The predicted molar refractivity (Wildman–Crippen MR) is 72.5 cm³/mol. The lowest BCUT2D eigenvalue weighted by molar-refractivity contribution is -0.143. The molecule has 0 spiro atoms. The van der Waals surface area contributed by atoms with E-state index in [0.717, 1.165) is 0 Å². The van der Waals surface area contributed by atoms with Gasteiger partial charge in [0.1, 0.15) is 0 Å². The monoisotopic (exact) mass is 294 g/mol. The van der Waals surface area contributed by atoms with Crippen LogP contribution in [0.3, 0.4) is 0 Å². The van der Waals surface area contributed by atoms with Crippen LogP contribution in [0.25, 0.3) is 0 Å². The topological polar surface area (TPSA) is 99.3 Å². The van der Waals surface area contributed by atoms with E-state index in [0.29, 0.717) is 5.56 Å². The van der Waals surface area contributed by atoms with Gasteiger partial charge in [0.15, 0.2) is 5.54 Å². The molecular weight excluding hydrogens is 280 g/mol. The third-order valence-corrected chi connectivity index (χ3v) is 4.55. The molecule has 1 atom stereocenters. The summed E-state index contributed by atoms with van der Waals surface area (Å²) in [6.07, 6.45) is 2.74. The molecule has 2 rings (SSSR count). The van der Waals surface area contributed by atoms with Gasteiger partial charge in [-0.1, -0.05) is 30.3 Å². The lowest BCUT2D eigenvalue weighted by Gasteiger charge is -2.26. The third kappa shape index (κ3) is 2.59. The quantitative estimate of drug-likeness (QED) is 0.773. The Morgan fingerprint density at radius 3 is 2.40 bits per heavy atom. The Kier molecular flexibility index (Phi) is 3.65. The van der Waals surface area contributed by atoms with E-state index in [9.17, 15) is 18.3 Å². The van der Waals surface area contributed by atoms with Crippen molar-refractivity contribution in [2.45, 2.75) is 17.4 Å². The molecule has 1 unspecified atom stereocenters. The summed E-state index contributed by atoms with van der Waals surface area (Å²) in [5.41, 5.74) is -1.39. The molecule has 2 aromatic rings. The number of hydrogen-bond acceptors (Lipinski definition) is 3. The first kappa shape index (κ1) is 14.3. The highest BCUT2D eigenvalue weighted by atomic mass is 32.2. The van der Waals surface area contributed by atoms with Crippen LogP contribution in [0.4, 0.5) is 0 Å². The van der Waals surface area contributed by atoms with Gasteiger partial charge in [0.25, 0.3) is 0 Å². The molecule has 0 saturated carbocycles. The second-order valence-corrected chi connectivity index (χ2v) is 6.13. The Hall–Kier alpha value is -2.12. The fourth-order valence-electron chi connectivity index (χ4n) is 1.80. The normalized spacial score (nSPS) is 14.7. The molecule has 0 aliphatic heterocycles. The number of hydrogen-bond donors (Lipinski definition) is 3. The van der Waals surface area contributed by atoms with E-state index in [-0.39, 0.29) is 4.90 Å². The molecule has 3 N–H and O–H groups in total. The van der Waals surface area contributed by atoms with Gasteiger partial charge in [0, 0.05) is 12.4 Å². The smallest absolute Gasteiger partial charge is 0.329 e. The molecule has 1 aromatic heterocycles. The van der Waals surface area contributed by atoms with E-state index < -0.39 is 21.5 Å². The summed E-state index contributed by atoms with van der Waals surface area (Å²) in [7, 11) is -3.93. The fourth-order valence-corrected chi connectivity index (χ4v) is 3.13. The molecule has 1 heterocycles. The van der Waals surface area contributed by atoms with E-state index in [1.54, 1.807) is 30.3 Å². The maximum atomic E-state index is 12.2. The molecule has 0 bridgehead atoms. The summed E-state index contributed by atoms with van der Waals surface area (Å²) in [6, 6.07) is 9.52. The Morgan fingerprint density at radius 2 is 1.90 bits per heavy atom. The van der Waals surface area contributed by atoms with E-state index in [2.05, 4.69) is 9.71 Å². The van der Waals surface area contributed by atoms with Crippen molar-refractivity contribution in [3.63, 3.8) is 0 Å². The highest BCUT2D eigenvalue weighted by Gasteiger charge is 2.39. The number of carboxylic acids is 1. The number of aromatic nitrogens is 1. The summed E-state index contributed by atoms with van der Waals surface area (Å²) >= 11 is 0. The Labute approximate surface area is 116 Å². The van der Waals surface area contributed by atoms with Gasteiger partial charge in [-0.25, -0.2) is 13.2 Å². The summed E-state index contributed by atoms with van der Waals surface area (Å²) < 4.78 is 26.6. The highest BCUT2D eigenvalue weighted by Crippen LogP contribution is 2.24. The molecule has 20 heavy (non-hydrogen) atoms. The third-order valence-electron chi connectivity index (χ3n) is 3.00. The van der Waals surface area contributed by atoms with Gasteiger partial charge in [-0.05, 0) is 18.6 Å². The zero-order valence-corrected chi connectivity index (χ0v) is 11.5. The molecule has 0 saturated heterocycles. The van der Waals surface area contributed by atoms with Crippen LogP contribution in [-0.4, -0.2) is 24.5 Å². The molecule has 0 amide bonds. The number of nitrogens with one attached hydrogen (secondary N) is 2. The van der Waals surface area contributed by atoms with Crippen LogP contribution in [-0.2, 0) is 20.4 Å². The number of H-pyrrole nitrogens is 1. The molecule has 0 radical (unpaired) electrons. The van der Waals surface area contributed by atoms with E-state index in [1.807, 2.05) is 0 Å². The maximum absolute atomic E-state index is 12.2. The van der Waals surface area contributed by atoms with Gasteiger partial charge in [-0.15, -0.1) is 0 Å². The first-order valence-electron chi connectivity index (χ1n) is 5.82. The number of sulfonamides is 1. The Bertz CT molecular complexity index is 695. The van der Waals surface area contributed by atoms with Crippen LogP contribution in [0.5, 0.6) is 0 Å². The number of rotatable bonds is 5. The van der Waals surface area contributed by atoms with Gasteiger partial charge < -0.3 is 10.1 Å². The molecular formula is C13H14N2O4S. The number of carboxylic acid groups (broad SMARTS) is 1. The average Bonchev–Trinajstić information content (AvgIpc) is 2.93. The van der Waals surface area contributed by atoms with Gasteiger partial charge >= 0.3 is 5.97 Å². The maximum Gasteiger partial charge on any atom is 0.329 e. The minimum atomic E-state index is -3.93. The SMILES string of the molecule is CC(NS(=O)(=O)c1cc[nH]c1)(C(=O)O)c1ccccc1. The van der Waals surface area contributed by atoms with Crippen molar-refractivity contribution in [2.75, 3.05) is 0 Å². The van der Waals surface area contributed by atoms with Gasteiger partial charge in [0.2, 0.25) is 10.0 Å². The van der Waals surface area contributed by atoms with Crippen LogP contribution in [0, 0.1) is 0 Å². The van der Waals surface area contributed by atoms with Gasteiger partial charge in [-0.3, -0.25) is 0 Å². The number of carbonyl (C=O) groups is 1. The van der Waals surface area contributed by atoms with E-state index >= 15 is 0 Å². The predicted octanol–water partition coefficient (Wildman–Crippen LogP) is 1.29. The molecule has 106 valence electrons. The van der Waals surface area contributed by atoms with E-state index in [1.165, 1.54) is 25.4 Å². The van der Waals surface area contributed by atoms with Crippen LogP contribution >= 0.6 is 0 Å². The van der Waals surface area contributed by atoms with Crippen molar-refractivity contribution in [1.29, 1.82) is 0 Å². The van der Waals surface area contributed by atoms with Crippen molar-refractivity contribution in [1.82, 2.24) is 9.71 Å². The lowest BCUT2D eigenvalue weighted by Crippen LogP contribution is -2.49. The summed E-state index contributed by atoms with van der Waals surface area (Å²) in [5.74, 6) is -1.28. The molecule has 0 aliphatic rings. The second-order valence-electron chi connectivity index (χ2n) is 4.45. The zero-order chi connectivity index (χ0) is 14.8. The van der Waals surface area contributed by atoms with Gasteiger partial charge in [-0.2, -0.15) is 4.72 Å². The van der Waals surface area contributed by atoms with Crippen molar-refractivity contribution in [2.24, 2.45) is 0 Å². The van der Waals surface area contributed by atoms with Crippen LogP contribution in [0.1, 0.15) is 12.5 Å². The molecule has 0 aliphatic carbocycles. The van der Waals surface area contributed by atoms with E-state index in [4.69, 9.17) is 0 Å². The number of aromatic amines is 1. The van der Waals surface area contributed by atoms with Crippen molar-refractivity contribution in [3.05, 3.63) is 54.4 Å². The number of benzene rings is 1. The highest BCUT2D eigenvalue weighted by molar-refractivity contribution is 7.89. The first-order chi connectivity index (χ1) is 9.36. The Morgan fingerprint density at radius 1 is 1.25 bits per heavy atom. The molecule has 0 fully saturated rings. The minimum Gasteiger partial charge on any atom is -0.480 e. The van der Waals surface area contributed by atoms with Crippen LogP contribution in [0.2, 0.25) is 0 Å². The summed E-state index contributed by atoms with van der Waals surface area (Å²) in [5, 5.41) is 9.41. The van der Waals surface area contributed by atoms with Gasteiger partial charge in [0.05, 0.1) is 4.90 Å². The fraction of sp³-hybridized carbons (Fsp3) is 0.154. The zero-order valence-electron chi connectivity index (χ0n) is 10.7. The Balaban J connectivity index is 2.44. The van der Waals surface area contributed by atoms with Crippen LogP contribution in [0.15, 0.2) is 53.7 Å². The largest absolute Gasteiger partial charge is 0.480 e. The van der Waals surface area contributed by atoms with Crippen LogP contribution < -0.4 is 4.72 Å². The standard InChI is InChI=1S/C13H14N2O4S/c1-13(12(16)17,10-5-3-2-4-6-10)15-20(18,19)11-7-8-14-9-11/h2-9,14-15H,1H3,(H,16,17). The first-order valence-corrected chi connectivity index (χ1v) is 7.30. The molecule has 7 heteroatoms. The van der Waals surface area contributed by atoms with Crippen molar-refractivity contribution >= 4 is 16.0 Å². The number of aliphatic carboxylic acids is 1. The summed E-state index contributed by atoms with van der Waals surface area (Å²) in [6.45, 7) is 1.31. The molecule has 1 aromatic carbocycles. The van der Waals surface area contributed by atoms with Crippen molar-refractivity contribution < 1.29 is 18.3 Å². The lowest BCUT2D eigenvalue weighted by atomic mass is 9.94. The summed E-state index contributed by atoms with van der Waals surface area (Å²) in [4.78, 5) is 14.1. The second kappa shape index (κ2) is 5.10.